The summed E-state index contributed by atoms with van der Waals surface area (Å²) >= 11 is 0. The standard InChI is InChI=1S/C25H23N5O2.C19H28N4O2/c1-15-21(14-27-24-23(15)26-11-12-32-24)18-3-4-19-13-28-25(30-22(19)10-7-18)29-20-8-5-17(6-9-20)16(2)31;1-3-22(11-10-20-2)16-12-23(13-16)15-6-4-14(5-7-15)17-8-9-18(24)21-19(17)25/h3-9,13-14,26H,10-12H2,1-2H3,(H,28,29,30);4-7,16-17,20H,3,8-13H2,1-2H3,(H,21,24,25). The zero-order chi connectivity index (χ0) is 39.9. The maximum absolute atomic E-state index is 12.0. The number of imide groups is 1. The lowest BCUT2D eigenvalue weighted by Crippen LogP contribution is -2.60. The highest BCUT2D eigenvalue weighted by Gasteiger charge is 2.32. The van der Waals surface area contributed by atoms with Crippen LogP contribution < -0.4 is 30.9 Å². The number of piperidine rings is 1. The number of carbonyl (C=O) groups excluding carboxylic acids is 3. The molecule has 2 fully saturated rings. The Kier molecular flexibility index (Phi) is 12.4. The van der Waals surface area contributed by atoms with Crippen molar-refractivity contribution >= 4 is 52.3 Å². The Balaban J connectivity index is 0.000000180. The lowest BCUT2D eigenvalue weighted by Gasteiger charge is -2.46. The number of pyridine rings is 1. The van der Waals surface area contributed by atoms with Gasteiger partial charge in [-0.2, -0.15) is 0 Å². The molecule has 296 valence electrons. The molecule has 13 heteroatoms. The number of aromatic nitrogens is 3. The number of rotatable bonds is 11. The fraction of sp³-hybridized carbons (Fsp3) is 0.364. The van der Waals surface area contributed by atoms with E-state index in [-0.39, 0.29) is 23.5 Å². The molecule has 0 saturated carbocycles. The van der Waals surface area contributed by atoms with E-state index in [1.165, 1.54) is 5.69 Å². The number of hydrogen-bond donors (Lipinski definition) is 4. The van der Waals surface area contributed by atoms with Crippen LogP contribution in [0.3, 0.4) is 0 Å². The highest BCUT2D eigenvalue weighted by Crippen LogP contribution is 2.35. The molecule has 4 aromatic rings. The van der Waals surface area contributed by atoms with E-state index in [0.717, 1.165) is 84.2 Å². The van der Waals surface area contributed by atoms with Crippen molar-refractivity contribution in [3.05, 3.63) is 107 Å². The van der Waals surface area contributed by atoms with Gasteiger partial charge in [0.1, 0.15) is 12.3 Å². The Labute approximate surface area is 334 Å². The van der Waals surface area contributed by atoms with Crippen LogP contribution in [0.2, 0.25) is 0 Å². The lowest BCUT2D eigenvalue weighted by molar-refractivity contribution is -0.134. The summed E-state index contributed by atoms with van der Waals surface area (Å²) in [5.74, 6) is 0.696. The molecule has 3 aliphatic heterocycles. The second kappa shape index (κ2) is 17.9. The molecule has 1 unspecified atom stereocenters. The third-order valence-corrected chi connectivity index (χ3v) is 11.0. The van der Waals surface area contributed by atoms with Crippen LogP contribution in [-0.4, -0.2) is 96.4 Å². The number of nitrogens with zero attached hydrogens (tertiary/aromatic N) is 5. The van der Waals surface area contributed by atoms with E-state index >= 15 is 0 Å². The fourth-order valence-corrected chi connectivity index (χ4v) is 7.55. The van der Waals surface area contributed by atoms with Crippen LogP contribution in [-0.2, 0) is 16.0 Å². The SMILES string of the molecule is CC(=O)c1ccc(Nc2ncc3c(n2)CC=C(c2cnc4c(c2C)NCCO4)C=C3)cc1.CCN(CCNC)C1CN(c2ccc(C3CCC(=O)NC3=O)cc2)C1. The van der Waals surface area contributed by atoms with Crippen LogP contribution in [0.5, 0.6) is 5.88 Å². The molecule has 1 atom stereocenters. The summed E-state index contributed by atoms with van der Waals surface area (Å²) in [4.78, 5) is 53.3. The van der Waals surface area contributed by atoms with Crippen molar-refractivity contribution in [3.63, 3.8) is 0 Å². The van der Waals surface area contributed by atoms with E-state index in [0.29, 0.717) is 49.3 Å². The predicted molar refractivity (Wildman–Crippen MR) is 224 cm³/mol. The molecule has 13 nitrogen and oxygen atoms in total. The molecular weight excluding hydrogens is 719 g/mol. The minimum atomic E-state index is -0.201. The van der Waals surface area contributed by atoms with Crippen LogP contribution in [0.4, 0.5) is 23.0 Å². The Morgan fingerprint density at radius 3 is 2.54 bits per heavy atom. The van der Waals surface area contributed by atoms with Crippen molar-refractivity contribution in [1.29, 1.82) is 0 Å². The molecule has 0 radical (unpaired) electrons. The first-order chi connectivity index (χ1) is 27.7. The van der Waals surface area contributed by atoms with Crippen molar-refractivity contribution < 1.29 is 19.1 Å². The summed E-state index contributed by atoms with van der Waals surface area (Å²) < 4.78 is 5.65. The van der Waals surface area contributed by atoms with Gasteiger partial charge in [0.15, 0.2) is 5.78 Å². The third-order valence-electron chi connectivity index (χ3n) is 11.0. The minimum Gasteiger partial charge on any atom is -0.474 e. The third kappa shape index (κ3) is 9.22. The molecule has 4 aliphatic rings. The monoisotopic (exact) mass is 769 g/mol. The lowest BCUT2D eigenvalue weighted by atomic mass is 9.90. The van der Waals surface area contributed by atoms with Crippen molar-refractivity contribution in [2.45, 2.75) is 52.0 Å². The first-order valence-electron chi connectivity index (χ1n) is 19.8. The molecular formula is C44H51N9O4. The van der Waals surface area contributed by atoms with Gasteiger partial charge in [-0.3, -0.25) is 24.6 Å². The number of ether oxygens (including phenoxy) is 1. The van der Waals surface area contributed by atoms with Crippen LogP contribution >= 0.6 is 0 Å². The Hall–Kier alpha value is -5.92. The van der Waals surface area contributed by atoms with Crippen LogP contribution in [0.25, 0.3) is 11.6 Å². The van der Waals surface area contributed by atoms with Gasteiger partial charge in [-0.15, -0.1) is 0 Å². The fourth-order valence-electron chi connectivity index (χ4n) is 7.55. The van der Waals surface area contributed by atoms with E-state index in [9.17, 15) is 14.4 Å². The number of likely N-dealkylation sites (N-methyl/N-ethyl adjacent to an activating group) is 2. The zero-order valence-corrected chi connectivity index (χ0v) is 33.1. The summed E-state index contributed by atoms with van der Waals surface area (Å²) in [7, 11) is 1.99. The van der Waals surface area contributed by atoms with E-state index in [1.54, 1.807) is 19.1 Å². The normalized spacial score (nSPS) is 17.4. The summed E-state index contributed by atoms with van der Waals surface area (Å²) in [5, 5.41) is 12.3. The second-order valence-corrected chi connectivity index (χ2v) is 14.7. The Morgan fingerprint density at radius 1 is 1.04 bits per heavy atom. The number of Topliss-reactive ketones (excluding diaryl/α,β-unsaturated/α-hetero) is 1. The minimum absolute atomic E-state index is 0.0416. The highest BCUT2D eigenvalue weighted by molar-refractivity contribution is 6.01. The van der Waals surface area contributed by atoms with E-state index in [4.69, 9.17) is 9.72 Å². The van der Waals surface area contributed by atoms with Crippen LogP contribution in [0.15, 0.2) is 73.1 Å². The topological polar surface area (TPSA) is 154 Å². The number of allylic oxidation sites excluding steroid dienone is 3. The molecule has 4 N–H and O–H groups in total. The molecule has 5 heterocycles. The molecule has 57 heavy (non-hydrogen) atoms. The first kappa shape index (κ1) is 39.3. The molecule has 2 saturated heterocycles. The van der Waals surface area contributed by atoms with Crippen LogP contribution in [0, 0.1) is 6.92 Å². The van der Waals surface area contributed by atoms with Gasteiger partial charge < -0.3 is 25.6 Å². The number of amides is 2. The first-order valence-corrected chi connectivity index (χ1v) is 19.8. The van der Waals surface area contributed by atoms with Crippen molar-refractivity contribution in [3.8, 4) is 5.88 Å². The number of ketones is 1. The van der Waals surface area contributed by atoms with E-state index in [1.807, 2.05) is 49.8 Å². The molecule has 2 aromatic carbocycles. The summed E-state index contributed by atoms with van der Waals surface area (Å²) in [5.41, 5.74) is 9.90. The van der Waals surface area contributed by atoms with Gasteiger partial charge in [-0.05, 0) is 87.0 Å². The number of fused-ring (bicyclic) bond motifs is 2. The number of nitrogens with one attached hydrogen (secondary N) is 4. The Morgan fingerprint density at radius 2 is 1.82 bits per heavy atom. The summed E-state index contributed by atoms with van der Waals surface area (Å²) in [6, 6.07) is 16.2. The van der Waals surface area contributed by atoms with Gasteiger partial charge in [-0.25, -0.2) is 15.0 Å². The van der Waals surface area contributed by atoms with E-state index < -0.39 is 0 Å². The number of carbonyl (C=O) groups is 3. The molecule has 0 spiro atoms. The maximum Gasteiger partial charge on any atom is 0.237 e. The van der Waals surface area contributed by atoms with Gasteiger partial charge in [0.25, 0.3) is 0 Å². The molecule has 8 rings (SSSR count). The largest absolute Gasteiger partial charge is 0.474 e. The van der Waals surface area contributed by atoms with Gasteiger partial charge in [0.05, 0.1) is 11.6 Å². The molecule has 1 aliphatic carbocycles. The van der Waals surface area contributed by atoms with Crippen LogP contribution in [0.1, 0.15) is 70.9 Å². The smallest absolute Gasteiger partial charge is 0.237 e. The highest BCUT2D eigenvalue weighted by atomic mass is 16.5. The Bertz CT molecular complexity index is 2160. The molecule has 2 amide bonds. The van der Waals surface area contributed by atoms with Crippen molar-refractivity contribution in [1.82, 2.24) is 30.5 Å². The maximum atomic E-state index is 12.0. The number of anilines is 4. The quantitative estimate of drug-likeness (QED) is 0.112. The summed E-state index contributed by atoms with van der Waals surface area (Å²) in [6.45, 7) is 12.6. The second-order valence-electron chi connectivity index (χ2n) is 14.7. The predicted octanol–water partition coefficient (Wildman–Crippen LogP) is 5.52. The van der Waals surface area contributed by atoms with Gasteiger partial charge >= 0.3 is 0 Å². The van der Waals surface area contributed by atoms with Gasteiger partial charge in [-0.1, -0.05) is 37.3 Å². The molecule has 2 aromatic heterocycles. The van der Waals surface area contributed by atoms with E-state index in [2.05, 4.69) is 79.2 Å². The average Bonchev–Trinajstić information content (AvgIpc) is 3.42. The van der Waals surface area contributed by atoms with Gasteiger partial charge in [0.2, 0.25) is 23.6 Å². The van der Waals surface area contributed by atoms with Crippen molar-refractivity contribution in [2.24, 2.45) is 0 Å². The number of benzene rings is 2. The zero-order valence-electron chi connectivity index (χ0n) is 33.1. The average molecular weight is 770 g/mol. The number of hydrogen-bond acceptors (Lipinski definition) is 12. The summed E-state index contributed by atoms with van der Waals surface area (Å²) in [6.07, 6.45) is 11.7. The van der Waals surface area contributed by atoms with Gasteiger partial charge in [0, 0.05) is 92.1 Å². The van der Waals surface area contributed by atoms with Crippen molar-refractivity contribution in [2.75, 3.05) is 68.5 Å². The molecule has 0 bridgehead atoms.